The second kappa shape index (κ2) is 6.95. The van der Waals surface area contributed by atoms with Crippen LogP contribution in [-0.2, 0) is 0 Å². The van der Waals surface area contributed by atoms with Gasteiger partial charge in [-0.25, -0.2) is 4.79 Å². The van der Waals surface area contributed by atoms with Crippen molar-refractivity contribution in [3.8, 4) is 0 Å². The molecule has 0 fully saturated rings. The first-order valence-electron chi connectivity index (χ1n) is 6.86. The van der Waals surface area contributed by atoms with Crippen LogP contribution in [0.5, 0.6) is 0 Å². The van der Waals surface area contributed by atoms with Gasteiger partial charge in [0.25, 0.3) is 0 Å². The standard InChI is InChI=1S/C15H21N3O/c16-9-5-1-2-6-10-17-15(19)18-11-13-7-3-4-8-14(13)12-18/h3-4,7-8,11-12H,1-2,5-6,9-10,16H2,(H,17,19). The van der Waals surface area contributed by atoms with Crippen LogP contribution in [0.25, 0.3) is 10.8 Å². The van der Waals surface area contributed by atoms with Crippen molar-refractivity contribution in [3.63, 3.8) is 0 Å². The fourth-order valence-corrected chi connectivity index (χ4v) is 2.11. The minimum atomic E-state index is -0.0602. The maximum Gasteiger partial charge on any atom is 0.325 e. The summed E-state index contributed by atoms with van der Waals surface area (Å²) in [5.74, 6) is 0. The van der Waals surface area contributed by atoms with Gasteiger partial charge < -0.3 is 11.1 Å². The van der Waals surface area contributed by atoms with Crippen molar-refractivity contribution in [2.75, 3.05) is 13.1 Å². The molecule has 0 bridgehead atoms. The average Bonchev–Trinajstić information content (AvgIpc) is 2.86. The summed E-state index contributed by atoms with van der Waals surface area (Å²) in [6, 6.07) is 7.90. The number of fused-ring (bicyclic) bond motifs is 1. The lowest BCUT2D eigenvalue weighted by Gasteiger charge is -2.05. The molecule has 4 nitrogen and oxygen atoms in total. The molecule has 102 valence electrons. The van der Waals surface area contributed by atoms with Gasteiger partial charge in [-0.3, -0.25) is 4.57 Å². The van der Waals surface area contributed by atoms with E-state index < -0.39 is 0 Å². The molecule has 0 aliphatic rings. The zero-order valence-corrected chi connectivity index (χ0v) is 11.1. The third-order valence-electron chi connectivity index (χ3n) is 3.19. The van der Waals surface area contributed by atoms with Crippen LogP contribution >= 0.6 is 0 Å². The maximum atomic E-state index is 11.9. The van der Waals surface area contributed by atoms with Crippen molar-refractivity contribution >= 4 is 16.8 Å². The summed E-state index contributed by atoms with van der Waals surface area (Å²) in [6.45, 7) is 1.47. The highest BCUT2D eigenvalue weighted by molar-refractivity contribution is 5.88. The van der Waals surface area contributed by atoms with E-state index in [1.165, 1.54) is 0 Å². The van der Waals surface area contributed by atoms with Gasteiger partial charge in [0, 0.05) is 18.9 Å². The van der Waals surface area contributed by atoms with E-state index in [4.69, 9.17) is 5.73 Å². The van der Waals surface area contributed by atoms with E-state index in [9.17, 15) is 4.79 Å². The van der Waals surface area contributed by atoms with Crippen molar-refractivity contribution in [1.82, 2.24) is 9.88 Å². The van der Waals surface area contributed by atoms with E-state index in [2.05, 4.69) is 5.32 Å². The molecule has 2 rings (SSSR count). The minimum absolute atomic E-state index is 0.0602. The van der Waals surface area contributed by atoms with Gasteiger partial charge in [-0.15, -0.1) is 0 Å². The smallest absolute Gasteiger partial charge is 0.325 e. The number of nitrogens with zero attached hydrogens (tertiary/aromatic N) is 1. The summed E-state index contributed by atoms with van der Waals surface area (Å²) in [4.78, 5) is 11.9. The predicted molar refractivity (Wildman–Crippen MR) is 78.3 cm³/mol. The molecule has 3 N–H and O–H groups in total. The molecule has 0 atom stereocenters. The number of carbonyl (C=O) groups is 1. The first kappa shape index (κ1) is 13.6. The van der Waals surface area contributed by atoms with Crippen LogP contribution in [0.15, 0.2) is 36.7 Å². The highest BCUT2D eigenvalue weighted by atomic mass is 16.2. The number of hydrogen-bond acceptors (Lipinski definition) is 2. The first-order chi connectivity index (χ1) is 9.31. The average molecular weight is 259 g/mol. The Morgan fingerprint density at radius 3 is 2.32 bits per heavy atom. The lowest BCUT2D eigenvalue weighted by atomic mass is 10.2. The molecular weight excluding hydrogens is 238 g/mol. The third kappa shape index (κ3) is 3.83. The lowest BCUT2D eigenvalue weighted by molar-refractivity contribution is 0.242. The first-order valence-corrected chi connectivity index (χ1v) is 6.86. The molecule has 1 amide bonds. The van der Waals surface area contributed by atoms with Gasteiger partial charge in [0.2, 0.25) is 0 Å². The van der Waals surface area contributed by atoms with Crippen molar-refractivity contribution in [2.24, 2.45) is 5.73 Å². The molecule has 1 heterocycles. The molecule has 0 saturated heterocycles. The fourth-order valence-electron chi connectivity index (χ4n) is 2.11. The molecule has 2 aromatic rings. The Kier molecular flexibility index (Phi) is 4.98. The molecule has 0 spiro atoms. The quantitative estimate of drug-likeness (QED) is 0.784. The minimum Gasteiger partial charge on any atom is -0.337 e. The Balaban J connectivity index is 1.79. The van der Waals surface area contributed by atoms with E-state index >= 15 is 0 Å². The zero-order chi connectivity index (χ0) is 13.5. The second-order valence-electron chi connectivity index (χ2n) is 4.73. The van der Waals surface area contributed by atoms with Gasteiger partial charge in [-0.1, -0.05) is 37.1 Å². The highest BCUT2D eigenvalue weighted by Gasteiger charge is 2.04. The maximum absolute atomic E-state index is 11.9. The van der Waals surface area contributed by atoms with Crippen LogP contribution in [0.1, 0.15) is 25.7 Å². The second-order valence-corrected chi connectivity index (χ2v) is 4.73. The molecule has 4 heteroatoms. The van der Waals surface area contributed by atoms with Crippen LogP contribution in [-0.4, -0.2) is 23.7 Å². The number of nitrogens with two attached hydrogens (primary N) is 1. The molecule has 0 saturated carbocycles. The van der Waals surface area contributed by atoms with Crippen molar-refractivity contribution in [1.29, 1.82) is 0 Å². The Labute approximate surface area is 113 Å². The number of aromatic nitrogens is 1. The number of carbonyl (C=O) groups excluding carboxylic acids is 1. The lowest BCUT2D eigenvalue weighted by Crippen LogP contribution is -2.28. The van der Waals surface area contributed by atoms with Gasteiger partial charge >= 0.3 is 6.03 Å². The summed E-state index contributed by atoms with van der Waals surface area (Å²) in [7, 11) is 0. The SMILES string of the molecule is NCCCCCCNC(=O)n1cc2ccccc2c1. The van der Waals surface area contributed by atoms with E-state index in [0.29, 0.717) is 0 Å². The molecule has 1 aromatic heterocycles. The van der Waals surface area contributed by atoms with Gasteiger partial charge in [0.15, 0.2) is 0 Å². The molecule has 0 unspecified atom stereocenters. The molecule has 0 radical (unpaired) electrons. The zero-order valence-electron chi connectivity index (χ0n) is 11.1. The number of rotatable bonds is 6. The summed E-state index contributed by atoms with van der Waals surface area (Å²) in [5.41, 5.74) is 5.43. The van der Waals surface area contributed by atoms with E-state index in [1.807, 2.05) is 36.7 Å². The Bertz CT molecular complexity index is 500. The topological polar surface area (TPSA) is 60.0 Å². The summed E-state index contributed by atoms with van der Waals surface area (Å²) < 4.78 is 1.62. The molecule has 0 aliphatic carbocycles. The Morgan fingerprint density at radius 1 is 1.05 bits per heavy atom. The van der Waals surface area contributed by atoms with Crippen molar-refractivity contribution in [2.45, 2.75) is 25.7 Å². The van der Waals surface area contributed by atoms with Crippen molar-refractivity contribution < 1.29 is 4.79 Å². The van der Waals surface area contributed by atoms with E-state index in [1.54, 1.807) is 4.57 Å². The monoisotopic (exact) mass is 259 g/mol. The molecule has 1 aromatic carbocycles. The van der Waals surface area contributed by atoms with Crippen LogP contribution in [0.3, 0.4) is 0 Å². The molecular formula is C15H21N3O. The third-order valence-corrected chi connectivity index (χ3v) is 3.19. The van der Waals surface area contributed by atoms with E-state index in [0.717, 1.165) is 49.5 Å². The van der Waals surface area contributed by atoms with Crippen molar-refractivity contribution in [3.05, 3.63) is 36.7 Å². The van der Waals surface area contributed by atoms with E-state index in [-0.39, 0.29) is 6.03 Å². The normalized spacial score (nSPS) is 10.8. The number of amides is 1. The Hall–Kier alpha value is -1.81. The van der Waals surface area contributed by atoms with Gasteiger partial charge in [-0.2, -0.15) is 0 Å². The summed E-state index contributed by atoms with van der Waals surface area (Å²) in [5, 5.41) is 5.10. The van der Waals surface area contributed by atoms with Gasteiger partial charge in [0.1, 0.15) is 0 Å². The largest absolute Gasteiger partial charge is 0.337 e. The fraction of sp³-hybridized carbons (Fsp3) is 0.400. The van der Waals surface area contributed by atoms with Crippen LogP contribution < -0.4 is 11.1 Å². The van der Waals surface area contributed by atoms with Crippen LogP contribution in [0, 0.1) is 0 Å². The van der Waals surface area contributed by atoms with Gasteiger partial charge in [-0.05, 0) is 30.2 Å². The Morgan fingerprint density at radius 2 is 1.68 bits per heavy atom. The molecule has 0 aliphatic heterocycles. The summed E-state index contributed by atoms with van der Waals surface area (Å²) in [6.07, 6.45) is 8.05. The van der Waals surface area contributed by atoms with Crippen LogP contribution in [0.2, 0.25) is 0 Å². The van der Waals surface area contributed by atoms with Gasteiger partial charge in [0.05, 0.1) is 0 Å². The highest BCUT2D eigenvalue weighted by Crippen LogP contribution is 2.14. The molecule has 19 heavy (non-hydrogen) atoms. The number of nitrogens with one attached hydrogen (secondary N) is 1. The predicted octanol–water partition coefficient (Wildman–Crippen LogP) is 2.72. The van der Waals surface area contributed by atoms with Crippen LogP contribution in [0.4, 0.5) is 4.79 Å². The number of benzene rings is 1. The summed E-state index contributed by atoms with van der Waals surface area (Å²) >= 11 is 0. The number of unbranched alkanes of at least 4 members (excludes halogenated alkanes) is 3. The number of hydrogen-bond donors (Lipinski definition) is 2.